The summed E-state index contributed by atoms with van der Waals surface area (Å²) in [5.74, 6) is 0.761. The molecule has 3 heterocycles. The van der Waals surface area contributed by atoms with Gasteiger partial charge in [0.05, 0.1) is 12.7 Å². The summed E-state index contributed by atoms with van der Waals surface area (Å²) in [4.78, 5) is 14.9. The van der Waals surface area contributed by atoms with Crippen LogP contribution in [0.15, 0.2) is 47.4 Å². The molecule has 1 saturated heterocycles. The third-order valence-corrected chi connectivity index (χ3v) is 4.45. The van der Waals surface area contributed by atoms with Gasteiger partial charge in [-0.05, 0) is 37.1 Å². The van der Waals surface area contributed by atoms with Gasteiger partial charge in [-0.1, -0.05) is 23.7 Å². The Balaban J connectivity index is 1.53. The van der Waals surface area contributed by atoms with Crippen molar-refractivity contribution in [1.29, 1.82) is 0 Å². The quantitative estimate of drug-likeness (QED) is 0.726. The summed E-state index contributed by atoms with van der Waals surface area (Å²) in [6.45, 7) is 1.46. The Morgan fingerprint density at radius 2 is 2.20 bits per heavy atom. The van der Waals surface area contributed by atoms with Crippen molar-refractivity contribution < 1.29 is 8.91 Å². The fourth-order valence-electron chi connectivity index (χ4n) is 3.28. The van der Waals surface area contributed by atoms with Crippen LogP contribution in [0.3, 0.4) is 0 Å². The van der Waals surface area contributed by atoms with Gasteiger partial charge in [-0.2, -0.15) is 4.98 Å². The molecule has 1 atom stereocenters. The topological polar surface area (TPSA) is 67.9 Å². The number of hydrogen-bond acceptors (Lipinski definition) is 6. The minimum atomic E-state index is -0.203. The van der Waals surface area contributed by atoms with E-state index in [-0.39, 0.29) is 11.9 Å². The van der Waals surface area contributed by atoms with Gasteiger partial charge in [-0.15, -0.1) is 0 Å². The molecule has 0 spiro atoms. The SMILES string of the molecule is Fc1cccc([C@@H]2CCCCN2Cc2nc(-c3cnccn3)no2)c1. The van der Waals surface area contributed by atoms with E-state index >= 15 is 0 Å². The molecule has 6 nitrogen and oxygen atoms in total. The summed E-state index contributed by atoms with van der Waals surface area (Å²) in [7, 11) is 0. The first-order valence-corrected chi connectivity index (χ1v) is 8.38. The molecule has 128 valence electrons. The molecule has 0 aliphatic carbocycles. The standard InChI is InChI=1S/C18H18FN5O/c19-14-5-3-4-13(10-14)16-6-1-2-9-24(16)12-17-22-18(23-25-17)15-11-20-7-8-21-15/h3-5,7-8,10-11,16H,1-2,6,9,12H2/t16-/m0/s1. The second-order valence-corrected chi connectivity index (χ2v) is 6.14. The van der Waals surface area contributed by atoms with Crippen molar-refractivity contribution in [3.63, 3.8) is 0 Å². The van der Waals surface area contributed by atoms with Crippen molar-refractivity contribution in [3.8, 4) is 11.5 Å². The first-order chi connectivity index (χ1) is 12.3. The van der Waals surface area contributed by atoms with Crippen LogP contribution >= 0.6 is 0 Å². The van der Waals surface area contributed by atoms with Crippen LogP contribution in [-0.4, -0.2) is 31.6 Å². The molecule has 7 heteroatoms. The first kappa shape index (κ1) is 15.8. The molecule has 0 unspecified atom stereocenters. The van der Waals surface area contributed by atoms with Crippen LogP contribution in [-0.2, 0) is 6.54 Å². The number of benzene rings is 1. The van der Waals surface area contributed by atoms with Crippen LogP contribution < -0.4 is 0 Å². The molecule has 2 aromatic heterocycles. The number of aromatic nitrogens is 4. The van der Waals surface area contributed by atoms with Gasteiger partial charge in [-0.25, -0.2) is 9.37 Å². The largest absolute Gasteiger partial charge is 0.337 e. The van der Waals surface area contributed by atoms with E-state index in [9.17, 15) is 4.39 Å². The fourth-order valence-corrected chi connectivity index (χ4v) is 3.28. The highest BCUT2D eigenvalue weighted by atomic mass is 19.1. The molecule has 4 rings (SSSR count). The van der Waals surface area contributed by atoms with Gasteiger partial charge in [0.1, 0.15) is 11.5 Å². The van der Waals surface area contributed by atoms with Gasteiger partial charge >= 0.3 is 0 Å². The van der Waals surface area contributed by atoms with Crippen LogP contribution in [0.1, 0.15) is 36.8 Å². The van der Waals surface area contributed by atoms with Crippen molar-refractivity contribution in [2.45, 2.75) is 31.8 Å². The molecular weight excluding hydrogens is 321 g/mol. The van der Waals surface area contributed by atoms with E-state index in [1.807, 2.05) is 6.07 Å². The van der Waals surface area contributed by atoms with E-state index in [1.54, 1.807) is 30.7 Å². The van der Waals surface area contributed by atoms with Gasteiger partial charge in [0.15, 0.2) is 0 Å². The summed E-state index contributed by atoms with van der Waals surface area (Å²) in [5.41, 5.74) is 1.58. The third kappa shape index (κ3) is 3.56. The zero-order valence-electron chi connectivity index (χ0n) is 13.7. The highest BCUT2D eigenvalue weighted by Crippen LogP contribution is 2.32. The maximum absolute atomic E-state index is 13.6. The minimum Gasteiger partial charge on any atom is -0.337 e. The van der Waals surface area contributed by atoms with Crippen LogP contribution in [0.25, 0.3) is 11.5 Å². The zero-order valence-corrected chi connectivity index (χ0v) is 13.7. The molecule has 0 amide bonds. The van der Waals surface area contributed by atoms with E-state index in [0.717, 1.165) is 31.4 Å². The van der Waals surface area contributed by atoms with Crippen molar-refractivity contribution >= 4 is 0 Å². The number of piperidine rings is 1. The van der Waals surface area contributed by atoms with Gasteiger partial charge in [0.2, 0.25) is 11.7 Å². The summed E-state index contributed by atoms with van der Waals surface area (Å²) in [5, 5.41) is 3.99. The lowest BCUT2D eigenvalue weighted by Gasteiger charge is -2.35. The zero-order chi connectivity index (χ0) is 17.1. The van der Waals surface area contributed by atoms with Gasteiger partial charge in [-0.3, -0.25) is 9.88 Å². The van der Waals surface area contributed by atoms with Crippen LogP contribution in [0.2, 0.25) is 0 Å². The number of hydrogen-bond donors (Lipinski definition) is 0. The second-order valence-electron chi connectivity index (χ2n) is 6.14. The fraction of sp³-hybridized carbons (Fsp3) is 0.333. The van der Waals surface area contributed by atoms with Crippen molar-refractivity contribution in [2.75, 3.05) is 6.54 Å². The molecule has 0 N–H and O–H groups in total. The van der Waals surface area contributed by atoms with Gasteiger partial charge < -0.3 is 4.52 Å². The molecule has 1 fully saturated rings. The highest BCUT2D eigenvalue weighted by Gasteiger charge is 2.26. The summed E-state index contributed by atoms with van der Waals surface area (Å²) in [6, 6.07) is 6.99. The average Bonchev–Trinajstić information content (AvgIpc) is 3.11. The highest BCUT2D eigenvalue weighted by molar-refractivity contribution is 5.45. The lowest BCUT2D eigenvalue weighted by atomic mass is 9.95. The maximum atomic E-state index is 13.6. The number of rotatable bonds is 4. The monoisotopic (exact) mass is 339 g/mol. The molecule has 1 aliphatic heterocycles. The van der Waals surface area contributed by atoms with E-state index in [0.29, 0.717) is 24.0 Å². The van der Waals surface area contributed by atoms with Gasteiger partial charge in [0, 0.05) is 18.4 Å². The molecule has 1 aromatic carbocycles. The predicted octanol–water partition coefficient (Wildman–Crippen LogP) is 3.39. The third-order valence-electron chi connectivity index (χ3n) is 4.45. The molecule has 0 saturated carbocycles. The molecule has 0 radical (unpaired) electrons. The Hall–Kier alpha value is -2.67. The van der Waals surface area contributed by atoms with E-state index < -0.39 is 0 Å². The molecule has 1 aliphatic rings. The predicted molar refractivity (Wildman–Crippen MR) is 88.7 cm³/mol. The van der Waals surface area contributed by atoms with E-state index in [1.165, 1.54) is 6.07 Å². The molecule has 25 heavy (non-hydrogen) atoms. The first-order valence-electron chi connectivity index (χ1n) is 8.38. The number of nitrogens with zero attached hydrogens (tertiary/aromatic N) is 5. The summed E-state index contributed by atoms with van der Waals surface area (Å²) in [6.07, 6.45) is 8.03. The van der Waals surface area contributed by atoms with Crippen molar-refractivity contribution in [3.05, 3.63) is 60.1 Å². The van der Waals surface area contributed by atoms with Crippen LogP contribution in [0.4, 0.5) is 4.39 Å². The molecular formula is C18H18FN5O. The van der Waals surface area contributed by atoms with Gasteiger partial charge in [0.25, 0.3) is 0 Å². The Labute approximate surface area is 144 Å². The number of halogens is 1. The Morgan fingerprint density at radius 1 is 1.24 bits per heavy atom. The van der Waals surface area contributed by atoms with Crippen molar-refractivity contribution in [2.24, 2.45) is 0 Å². The average molecular weight is 339 g/mol. The Bertz CT molecular complexity index is 838. The Morgan fingerprint density at radius 3 is 3.04 bits per heavy atom. The van der Waals surface area contributed by atoms with Crippen molar-refractivity contribution in [1.82, 2.24) is 25.0 Å². The molecule has 3 aromatic rings. The van der Waals surface area contributed by atoms with Crippen LogP contribution in [0, 0.1) is 5.82 Å². The van der Waals surface area contributed by atoms with Crippen LogP contribution in [0.5, 0.6) is 0 Å². The minimum absolute atomic E-state index is 0.163. The van der Waals surface area contributed by atoms with E-state index in [2.05, 4.69) is 25.0 Å². The lowest BCUT2D eigenvalue weighted by Crippen LogP contribution is -2.33. The molecule has 0 bridgehead atoms. The second kappa shape index (κ2) is 7.06. The summed E-state index contributed by atoms with van der Waals surface area (Å²) < 4.78 is 19.0. The normalized spacial score (nSPS) is 18.4. The smallest absolute Gasteiger partial charge is 0.241 e. The summed E-state index contributed by atoms with van der Waals surface area (Å²) >= 11 is 0. The lowest BCUT2D eigenvalue weighted by molar-refractivity contribution is 0.123. The Kier molecular flexibility index (Phi) is 4.47. The maximum Gasteiger partial charge on any atom is 0.241 e. The van der Waals surface area contributed by atoms with E-state index in [4.69, 9.17) is 4.52 Å². The number of likely N-dealkylation sites (tertiary alicyclic amines) is 1.